The number of methoxy groups -OCH3 is 2. The Hall–Kier alpha value is -3.12. The topological polar surface area (TPSA) is 100 Å². The van der Waals surface area contributed by atoms with E-state index in [1.807, 2.05) is 0 Å². The summed E-state index contributed by atoms with van der Waals surface area (Å²) in [5.74, 6) is -1.18. The van der Waals surface area contributed by atoms with E-state index in [-0.39, 0.29) is 11.4 Å². The third kappa shape index (κ3) is 9.69. The summed E-state index contributed by atoms with van der Waals surface area (Å²) in [5, 5.41) is 10.5. The number of carboxylic acid groups (broad SMARTS) is 1. The molecule has 3 N–H and O–H groups in total. The number of carboxylic acids is 1. The molecule has 1 aliphatic heterocycles. The Kier molecular flexibility index (Phi) is 13.5. The normalized spacial score (nSPS) is 21.4. The van der Waals surface area contributed by atoms with E-state index in [4.69, 9.17) is 19.4 Å². The number of rotatable bonds is 12. The quantitative estimate of drug-likeness (QED) is 0.178. The van der Waals surface area contributed by atoms with Gasteiger partial charge in [-0.15, -0.1) is 0 Å². The van der Waals surface area contributed by atoms with Crippen molar-refractivity contribution < 1.29 is 37.3 Å². The molecular weight excluding hydrogens is 595 g/mol. The Morgan fingerprint density at radius 3 is 2.41 bits per heavy atom. The molecule has 1 saturated heterocycles. The first-order chi connectivity index (χ1) is 21.0. The highest BCUT2D eigenvalue weighted by molar-refractivity contribution is 7.98. The molecule has 0 aromatic heterocycles. The van der Waals surface area contributed by atoms with Crippen molar-refractivity contribution >= 4 is 23.9 Å². The smallest absolute Gasteiger partial charge is 0.490 e. The molecule has 2 fully saturated rings. The molecule has 0 bridgehead atoms. The minimum absolute atomic E-state index is 0.0682. The van der Waals surface area contributed by atoms with E-state index < -0.39 is 12.1 Å². The molecule has 2 aliphatic rings. The summed E-state index contributed by atoms with van der Waals surface area (Å²) in [6.07, 6.45) is 3.68. The van der Waals surface area contributed by atoms with Gasteiger partial charge in [0.25, 0.3) is 0 Å². The van der Waals surface area contributed by atoms with Gasteiger partial charge in [-0.05, 0) is 93.2 Å². The SMILES string of the molecule is CCCCNC(=O)NSC1CCC2(c3ccc(OC)c(OC)c3)CCN(CCCc3ccccc3)C2C1.O=C(O)C(F)(F)F. The first-order valence-electron chi connectivity index (χ1n) is 15.0. The highest BCUT2D eigenvalue weighted by atomic mass is 32.2. The average molecular weight is 640 g/mol. The predicted octanol–water partition coefficient (Wildman–Crippen LogP) is 6.58. The zero-order valence-electron chi connectivity index (χ0n) is 25.6. The summed E-state index contributed by atoms with van der Waals surface area (Å²) < 4.78 is 46.0. The zero-order valence-corrected chi connectivity index (χ0v) is 26.4. The molecule has 2 aromatic carbocycles. The third-order valence-corrected chi connectivity index (χ3v) is 9.48. The van der Waals surface area contributed by atoms with Crippen molar-refractivity contribution in [2.75, 3.05) is 33.9 Å². The number of halogens is 3. The van der Waals surface area contributed by atoms with E-state index in [0.717, 1.165) is 82.5 Å². The van der Waals surface area contributed by atoms with E-state index in [1.165, 1.54) is 11.1 Å². The van der Waals surface area contributed by atoms with E-state index >= 15 is 0 Å². The van der Waals surface area contributed by atoms with Gasteiger partial charge >= 0.3 is 18.2 Å². The van der Waals surface area contributed by atoms with Crippen LogP contribution in [0.15, 0.2) is 48.5 Å². The highest BCUT2D eigenvalue weighted by Crippen LogP contribution is 2.51. The number of nitrogens with zero attached hydrogens (tertiary/aromatic N) is 1. The fraction of sp³-hybridized carbons (Fsp3) is 0.562. The van der Waals surface area contributed by atoms with Crippen LogP contribution in [-0.2, 0) is 16.6 Å². The monoisotopic (exact) mass is 639 g/mol. The number of urea groups is 1. The molecule has 3 atom stereocenters. The number of aryl methyl sites for hydroxylation is 1. The summed E-state index contributed by atoms with van der Waals surface area (Å²) in [6.45, 7) is 5.06. The Morgan fingerprint density at radius 2 is 1.77 bits per heavy atom. The van der Waals surface area contributed by atoms with Crippen molar-refractivity contribution in [3.05, 3.63) is 59.7 Å². The number of carbonyl (C=O) groups is 2. The molecule has 4 rings (SSSR count). The summed E-state index contributed by atoms with van der Waals surface area (Å²) >= 11 is 1.61. The number of unbranched alkanes of at least 4 members (excludes halogenated alkanes) is 1. The summed E-state index contributed by atoms with van der Waals surface area (Å²) in [5.41, 5.74) is 2.87. The standard InChI is InChI=1S/C30H43N3O3S.C2HF3O2/c1-4-5-18-31-29(34)32-37-25-15-16-30(24-13-14-26(35-2)27(21-24)36-3)17-20-33(28(30)22-25)19-9-12-23-10-7-6-8-11-23;3-2(4,5)1(6)7/h6-8,10-11,13-14,21,25,28H,4-5,9,12,15-20,22H2,1-3H3,(H2,31,32,34);(H,6,7). The van der Waals surface area contributed by atoms with E-state index in [1.54, 1.807) is 26.2 Å². The number of ether oxygens (including phenoxy) is 2. The Balaban J connectivity index is 0.000000676. The molecule has 2 amide bonds. The van der Waals surface area contributed by atoms with Crippen molar-refractivity contribution in [3.63, 3.8) is 0 Å². The van der Waals surface area contributed by atoms with E-state index in [0.29, 0.717) is 11.3 Å². The maximum Gasteiger partial charge on any atom is 0.490 e. The molecular formula is C32H44F3N3O5S. The van der Waals surface area contributed by atoms with Crippen molar-refractivity contribution in [1.29, 1.82) is 0 Å². The van der Waals surface area contributed by atoms with Crippen LogP contribution in [0.2, 0.25) is 0 Å². The van der Waals surface area contributed by atoms with Gasteiger partial charge in [-0.25, -0.2) is 9.59 Å². The van der Waals surface area contributed by atoms with Gasteiger partial charge in [0.15, 0.2) is 11.5 Å². The van der Waals surface area contributed by atoms with Crippen LogP contribution < -0.4 is 19.5 Å². The lowest BCUT2D eigenvalue weighted by Crippen LogP contribution is -2.48. The third-order valence-electron chi connectivity index (χ3n) is 8.41. The lowest BCUT2D eigenvalue weighted by atomic mass is 9.66. The van der Waals surface area contributed by atoms with Crippen LogP contribution in [-0.4, -0.2) is 73.3 Å². The second-order valence-electron chi connectivity index (χ2n) is 11.1. The van der Waals surface area contributed by atoms with Gasteiger partial charge < -0.3 is 19.9 Å². The number of likely N-dealkylation sites (tertiary alicyclic amines) is 1. The minimum Gasteiger partial charge on any atom is -0.493 e. The van der Waals surface area contributed by atoms with Crippen LogP contribution in [0.25, 0.3) is 0 Å². The molecule has 0 spiro atoms. The predicted molar refractivity (Wildman–Crippen MR) is 166 cm³/mol. The number of amides is 2. The maximum atomic E-state index is 12.3. The van der Waals surface area contributed by atoms with Crippen LogP contribution in [0, 0.1) is 0 Å². The van der Waals surface area contributed by atoms with E-state index in [2.05, 4.69) is 70.4 Å². The number of hydrogen-bond donors (Lipinski definition) is 3. The molecule has 3 unspecified atom stereocenters. The molecule has 0 radical (unpaired) electrons. The van der Waals surface area contributed by atoms with Gasteiger partial charge in [0.1, 0.15) is 0 Å². The van der Waals surface area contributed by atoms with Crippen LogP contribution in [0.5, 0.6) is 11.5 Å². The number of carbonyl (C=O) groups excluding carboxylic acids is 1. The lowest BCUT2D eigenvalue weighted by Gasteiger charge is -2.45. The number of fused-ring (bicyclic) bond motifs is 1. The van der Waals surface area contributed by atoms with Crippen molar-refractivity contribution in [3.8, 4) is 11.5 Å². The van der Waals surface area contributed by atoms with Gasteiger partial charge in [0.05, 0.1) is 14.2 Å². The van der Waals surface area contributed by atoms with Crippen LogP contribution in [0.3, 0.4) is 0 Å². The fourth-order valence-corrected chi connectivity index (χ4v) is 7.01. The molecule has 1 heterocycles. The molecule has 2 aromatic rings. The van der Waals surface area contributed by atoms with Crippen molar-refractivity contribution in [2.45, 2.75) is 81.2 Å². The molecule has 8 nitrogen and oxygen atoms in total. The van der Waals surface area contributed by atoms with Gasteiger partial charge in [-0.3, -0.25) is 9.62 Å². The van der Waals surface area contributed by atoms with E-state index in [9.17, 15) is 18.0 Å². The number of benzene rings is 2. The second-order valence-corrected chi connectivity index (χ2v) is 12.3. The summed E-state index contributed by atoms with van der Waals surface area (Å²) in [4.78, 5) is 23.9. The van der Waals surface area contributed by atoms with Crippen molar-refractivity contribution in [2.24, 2.45) is 0 Å². The zero-order chi connectivity index (χ0) is 32.2. The van der Waals surface area contributed by atoms with Gasteiger partial charge in [0, 0.05) is 23.3 Å². The lowest BCUT2D eigenvalue weighted by molar-refractivity contribution is -0.192. The minimum atomic E-state index is -5.08. The first kappa shape index (κ1) is 35.4. The summed E-state index contributed by atoms with van der Waals surface area (Å²) in [7, 11) is 3.41. The van der Waals surface area contributed by atoms with Gasteiger partial charge in [0.2, 0.25) is 0 Å². The summed E-state index contributed by atoms with van der Waals surface area (Å²) in [6, 6.07) is 17.7. The van der Waals surface area contributed by atoms with Gasteiger partial charge in [-0.2, -0.15) is 13.2 Å². The molecule has 1 saturated carbocycles. The maximum absolute atomic E-state index is 12.3. The Bertz CT molecular complexity index is 1200. The fourth-order valence-electron chi connectivity index (χ4n) is 6.15. The van der Waals surface area contributed by atoms with Crippen molar-refractivity contribution in [1.82, 2.24) is 14.9 Å². The number of hydrogen-bond acceptors (Lipinski definition) is 6. The number of nitrogens with one attached hydrogen (secondary N) is 2. The number of alkyl halides is 3. The van der Waals surface area contributed by atoms with Gasteiger partial charge in [-0.1, -0.05) is 49.7 Å². The second kappa shape index (κ2) is 16.8. The highest BCUT2D eigenvalue weighted by Gasteiger charge is 2.51. The molecule has 1 aliphatic carbocycles. The molecule has 244 valence electrons. The number of aliphatic carboxylic acids is 1. The Labute approximate surface area is 262 Å². The van der Waals surface area contributed by atoms with Crippen LogP contribution in [0.1, 0.15) is 63.0 Å². The molecule has 12 heteroatoms. The molecule has 44 heavy (non-hydrogen) atoms. The first-order valence-corrected chi connectivity index (χ1v) is 15.9. The average Bonchev–Trinajstić information content (AvgIpc) is 3.39. The Morgan fingerprint density at radius 1 is 1.07 bits per heavy atom. The van der Waals surface area contributed by atoms with Crippen LogP contribution in [0.4, 0.5) is 18.0 Å². The largest absolute Gasteiger partial charge is 0.493 e. The van der Waals surface area contributed by atoms with Crippen LogP contribution >= 0.6 is 11.9 Å².